The van der Waals surface area contributed by atoms with Gasteiger partial charge in [-0.05, 0) is 36.6 Å². The van der Waals surface area contributed by atoms with Crippen LogP contribution in [0.25, 0.3) is 0 Å². The molecule has 0 bridgehead atoms. The average molecular weight is 367 g/mol. The Morgan fingerprint density at radius 1 is 1.15 bits per heavy atom. The average Bonchev–Trinajstić information content (AvgIpc) is 2.69. The lowest BCUT2D eigenvalue weighted by Crippen LogP contribution is -2.41. The van der Waals surface area contributed by atoms with Crippen molar-refractivity contribution in [2.45, 2.75) is 25.8 Å². The molecule has 2 amide bonds. The molecule has 6 heteroatoms. The zero-order valence-corrected chi connectivity index (χ0v) is 15.2. The molecule has 1 fully saturated rings. The molecule has 0 unspecified atom stereocenters. The van der Waals surface area contributed by atoms with Crippen LogP contribution in [0.5, 0.6) is 5.75 Å². The number of primary amides is 1. The van der Waals surface area contributed by atoms with Crippen molar-refractivity contribution < 1.29 is 14.7 Å². The highest BCUT2D eigenvalue weighted by Crippen LogP contribution is 2.23. The van der Waals surface area contributed by atoms with Gasteiger partial charge in [-0.25, -0.2) is 0 Å². The number of nitrogens with zero attached hydrogens (tertiary/aromatic N) is 1. The molecule has 2 aromatic carbocycles. The highest BCUT2D eigenvalue weighted by molar-refractivity contribution is 5.79. The van der Waals surface area contributed by atoms with Gasteiger partial charge in [0, 0.05) is 30.9 Å². The molecule has 0 aromatic heterocycles. The first-order valence-electron chi connectivity index (χ1n) is 9.19. The Hall–Kier alpha value is -3.02. The summed E-state index contributed by atoms with van der Waals surface area (Å²) in [4.78, 5) is 25.7. The van der Waals surface area contributed by atoms with Crippen molar-refractivity contribution in [3.8, 4) is 5.75 Å². The minimum Gasteiger partial charge on any atom is -0.508 e. The van der Waals surface area contributed by atoms with E-state index in [1.165, 1.54) is 0 Å². The third kappa shape index (κ3) is 5.00. The molecule has 0 aliphatic carbocycles. The maximum atomic E-state index is 12.1. The lowest BCUT2D eigenvalue weighted by Gasteiger charge is -2.33. The van der Waals surface area contributed by atoms with Crippen molar-refractivity contribution in [2.24, 2.45) is 11.7 Å². The van der Waals surface area contributed by atoms with Crippen molar-refractivity contribution >= 4 is 17.5 Å². The predicted molar refractivity (Wildman–Crippen MR) is 104 cm³/mol. The first-order chi connectivity index (χ1) is 13.0. The van der Waals surface area contributed by atoms with Crippen LogP contribution >= 0.6 is 0 Å². The number of piperidine rings is 1. The molecule has 1 heterocycles. The van der Waals surface area contributed by atoms with Gasteiger partial charge in [0.15, 0.2) is 0 Å². The van der Waals surface area contributed by atoms with E-state index in [-0.39, 0.29) is 29.9 Å². The van der Waals surface area contributed by atoms with Gasteiger partial charge in [0.2, 0.25) is 11.8 Å². The molecule has 142 valence electrons. The van der Waals surface area contributed by atoms with Crippen LogP contribution in [-0.4, -0.2) is 30.0 Å². The minimum absolute atomic E-state index is 0.0906. The number of carbonyl (C=O) groups excluding carboxylic acids is 2. The lowest BCUT2D eigenvalue weighted by molar-refractivity contribution is -0.122. The third-order valence-electron chi connectivity index (χ3n) is 4.96. The van der Waals surface area contributed by atoms with Crippen molar-refractivity contribution in [3.63, 3.8) is 0 Å². The summed E-state index contributed by atoms with van der Waals surface area (Å²) in [6.07, 6.45) is 1.96. The number of aromatic hydroxyl groups is 1. The van der Waals surface area contributed by atoms with E-state index in [1.54, 1.807) is 24.3 Å². The van der Waals surface area contributed by atoms with Crippen molar-refractivity contribution in [1.29, 1.82) is 0 Å². The van der Waals surface area contributed by atoms with Crippen molar-refractivity contribution in [1.82, 2.24) is 5.32 Å². The molecule has 1 saturated heterocycles. The van der Waals surface area contributed by atoms with Gasteiger partial charge < -0.3 is 21.1 Å². The minimum atomic E-state index is -0.233. The molecule has 0 spiro atoms. The number of phenols is 1. The van der Waals surface area contributed by atoms with E-state index in [2.05, 4.69) is 10.2 Å². The molecule has 0 radical (unpaired) electrons. The number of phenolic OH excluding ortho intramolecular Hbond substituents is 1. The van der Waals surface area contributed by atoms with Gasteiger partial charge in [0.25, 0.3) is 0 Å². The number of hydrogen-bond acceptors (Lipinski definition) is 4. The normalized spacial score (nSPS) is 16.7. The van der Waals surface area contributed by atoms with Crippen LogP contribution in [0.3, 0.4) is 0 Å². The number of para-hydroxylation sites is 1. The van der Waals surface area contributed by atoms with Gasteiger partial charge in [-0.15, -0.1) is 0 Å². The van der Waals surface area contributed by atoms with Gasteiger partial charge in [0.05, 0.1) is 12.3 Å². The lowest BCUT2D eigenvalue weighted by atomic mass is 9.97. The second kappa shape index (κ2) is 8.58. The Balaban J connectivity index is 1.52. The third-order valence-corrected chi connectivity index (χ3v) is 4.96. The number of nitrogens with two attached hydrogens (primary N) is 1. The number of amides is 2. The number of benzene rings is 2. The summed E-state index contributed by atoms with van der Waals surface area (Å²) >= 11 is 0. The van der Waals surface area contributed by atoms with E-state index in [9.17, 15) is 14.7 Å². The van der Waals surface area contributed by atoms with Gasteiger partial charge >= 0.3 is 0 Å². The smallest absolute Gasteiger partial charge is 0.224 e. The number of hydrogen-bond donors (Lipinski definition) is 3. The van der Waals surface area contributed by atoms with Crippen molar-refractivity contribution in [2.75, 3.05) is 18.0 Å². The van der Waals surface area contributed by atoms with Crippen LogP contribution in [0.2, 0.25) is 0 Å². The fourth-order valence-electron chi connectivity index (χ4n) is 3.36. The standard InChI is InChI=1S/C21H25N3O3/c22-21(27)17-5-3-11-24(14-17)18-9-7-15(8-10-18)13-23-20(26)12-16-4-1-2-6-19(16)25/h1-2,4,6-10,17,25H,3,5,11-14H2,(H2,22,27)(H,23,26)/t17-/m0/s1. The quantitative estimate of drug-likeness (QED) is 0.727. The largest absolute Gasteiger partial charge is 0.508 e. The monoisotopic (exact) mass is 367 g/mol. The molecule has 6 nitrogen and oxygen atoms in total. The summed E-state index contributed by atoms with van der Waals surface area (Å²) in [5.74, 6) is -0.329. The van der Waals surface area contributed by atoms with E-state index < -0.39 is 0 Å². The molecule has 1 aliphatic heterocycles. The number of anilines is 1. The first-order valence-corrected chi connectivity index (χ1v) is 9.19. The first kappa shape index (κ1) is 18.8. The van der Waals surface area contributed by atoms with Crippen LogP contribution in [-0.2, 0) is 22.6 Å². The fraction of sp³-hybridized carbons (Fsp3) is 0.333. The summed E-state index contributed by atoms with van der Waals surface area (Å²) in [6.45, 7) is 2.00. The topological polar surface area (TPSA) is 95.7 Å². The molecule has 27 heavy (non-hydrogen) atoms. The number of carbonyl (C=O) groups is 2. The summed E-state index contributed by atoms with van der Waals surface area (Å²) in [7, 11) is 0. The van der Waals surface area contributed by atoms with E-state index in [0.717, 1.165) is 30.6 Å². The molecule has 1 atom stereocenters. The molecule has 2 aromatic rings. The Kier molecular flexibility index (Phi) is 5.96. The van der Waals surface area contributed by atoms with Gasteiger partial charge in [0.1, 0.15) is 5.75 Å². The van der Waals surface area contributed by atoms with Gasteiger partial charge in [-0.3, -0.25) is 9.59 Å². The fourth-order valence-corrected chi connectivity index (χ4v) is 3.36. The second-order valence-corrected chi connectivity index (χ2v) is 6.94. The molecule has 3 rings (SSSR count). The van der Waals surface area contributed by atoms with Gasteiger partial charge in [-0.1, -0.05) is 30.3 Å². The number of nitrogens with one attached hydrogen (secondary N) is 1. The van der Waals surface area contributed by atoms with Crippen LogP contribution < -0.4 is 16.0 Å². The Morgan fingerprint density at radius 3 is 2.59 bits per heavy atom. The molecular weight excluding hydrogens is 342 g/mol. The maximum absolute atomic E-state index is 12.1. The van der Waals surface area contributed by atoms with E-state index in [0.29, 0.717) is 18.7 Å². The summed E-state index contributed by atoms with van der Waals surface area (Å²) in [6, 6.07) is 14.8. The zero-order chi connectivity index (χ0) is 19.2. The Morgan fingerprint density at radius 2 is 1.89 bits per heavy atom. The molecular formula is C21H25N3O3. The maximum Gasteiger partial charge on any atom is 0.224 e. The summed E-state index contributed by atoms with van der Waals surface area (Å²) in [5, 5.41) is 12.6. The highest BCUT2D eigenvalue weighted by Gasteiger charge is 2.24. The predicted octanol–water partition coefficient (Wildman–Crippen LogP) is 1.95. The van der Waals surface area contributed by atoms with E-state index in [4.69, 9.17) is 5.73 Å². The Labute approximate surface area is 159 Å². The molecule has 4 N–H and O–H groups in total. The molecule has 0 saturated carbocycles. The van der Waals surface area contributed by atoms with E-state index >= 15 is 0 Å². The van der Waals surface area contributed by atoms with Crippen molar-refractivity contribution in [3.05, 3.63) is 59.7 Å². The zero-order valence-electron chi connectivity index (χ0n) is 15.2. The number of rotatable bonds is 6. The molecule has 1 aliphatic rings. The van der Waals surface area contributed by atoms with Gasteiger partial charge in [-0.2, -0.15) is 0 Å². The summed E-state index contributed by atoms with van der Waals surface area (Å²) in [5.41, 5.74) is 8.11. The SMILES string of the molecule is NC(=O)[C@H]1CCCN(c2ccc(CNC(=O)Cc3ccccc3O)cc2)C1. The Bertz CT molecular complexity index is 805. The summed E-state index contributed by atoms with van der Waals surface area (Å²) < 4.78 is 0. The van der Waals surface area contributed by atoms with Crippen LogP contribution in [0.4, 0.5) is 5.69 Å². The van der Waals surface area contributed by atoms with Crippen LogP contribution in [0.15, 0.2) is 48.5 Å². The highest BCUT2D eigenvalue weighted by atomic mass is 16.3. The van der Waals surface area contributed by atoms with Crippen LogP contribution in [0, 0.1) is 5.92 Å². The second-order valence-electron chi connectivity index (χ2n) is 6.94. The van der Waals surface area contributed by atoms with Crippen LogP contribution in [0.1, 0.15) is 24.0 Å². The van der Waals surface area contributed by atoms with E-state index in [1.807, 2.05) is 24.3 Å².